The van der Waals surface area contributed by atoms with E-state index in [1.807, 2.05) is 12.1 Å². The second-order valence-corrected chi connectivity index (χ2v) is 3.84. The molecule has 1 rings (SSSR count). The summed E-state index contributed by atoms with van der Waals surface area (Å²) in [5.41, 5.74) is 2.62. The first-order chi connectivity index (χ1) is 8.24. The molecule has 0 unspecified atom stereocenters. The summed E-state index contributed by atoms with van der Waals surface area (Å²) in [4.78, 5) is 11.1. The van der Waals surface area contributed by atoms with Gasteiger partial charge in [-0.3, -0.25) is 0 Å². The highest BCUT2D eigenvalue weighted by molar-refractivity contribution is 5.67. The lowest BCUT2D eigenvalue weighted by atomic mass is 10.0. The SMILES string of the molecule is C=CCOC(=O)NCCCc1ccccc1C. The third-order valence-corrected chi connectivity index (χ3v) is 2.49. The zero-order chi connectivity index (χ0) is 12.5. The number of amides is 1. The fraction of sp³-hybridized carbons (Fsp3) is 0.357. The molecule has 1 amide bonds. The summed E-state index contributed by atoms with van der Waals surface area (Å²) < 4.78 is 4.80. The summed E-state index contributed by atoms with van der Waals surface area (Å²) in [6.07, 6.45) is 3.05. The number of carbonyl (C=O) groups is 1. The summed E-state index contributed by atoms with van der Waals surface area (Å²) >= 11 is 0. The van der Waals surface area contributed by atoms with Crippen molar-refractivity contribution in [2.24, 2.45) is 0 Å². The van der Waals surface area contributed by atoms with E-state index in [1.54, 1.807) is 6.08 Å². The topological polar surface area (TPSA) is 38.3 Å². The fourth-order valence-corrected chi connectivity index (χ4v) is 1.55. The Labute approximate surface area is 102 Å². The minimum atomic E-state index is -0.380. The standard InChI is InChI=1S/C14H19NO2/c1-3-11-17-14(16)15-10-6-9-13-8-5-4-7-12(13)2/h3-5,7-8H,1,6,9-11H2,2H3,(H,15,16). The monoisotopic (exact) mass is 233 g/mol. The van der Waals surface area contributed by atoms with Crippen LogP contribution in [0.3, 0.4) is 0 Å². The van der Waals surface area contributed by atoms with Crippen molar-refractivity contribution in [1.29, 1.82) is 0 Å². The molecule has 0 atom stereocenters. The normalized spacial score (nSPS) is 9.71. The third kappa shape index (κ3) is 5.20. The number of hydrogen-bond donors (Lipinski definition) is 1. The second kappa shape index (κ2) is 7.49. The Bertz CT molecular complexity index is 374. The molecule has 1 aromatic rings. The first-order valence-electron chi connectivity index (χ1n) is 5.80. The molecule has 0 aromatic heterocycles. The molecule has 1 N–H and O–H groups in total. The number of benzene rings is 1. The lowest BCUT2D eigenvalue weighted by Gasteiger charge is -2.07. The highest BCUT2D eigenvalue weighted by Gasteiger charge is 2.00. The van der Waals surface area contributed by atoms with Crippen molar-refractivity contribution in [1.82, 2.24) is 5.32 Å². The van der Waals surface area contributed by atoms with Crippen LogP contribution in [-0.2, 0) is 11.2 Å². The molecule has 0 saturated heterocycles. The Morgan fingerprint density at radius 1 is 1.47 bits per heavy atom. The first kappa shape index (κ1) is 13.3. The van der Waals surface area contributed by atoms with Crippen LogP contribution in [0, 0.1) is 6.92 Å². The van der Waals surface area contributed by atoms with E-state index in [2.05, 4.69) is 31.0 Å². The average molecular weight is 233 g/mol. The average Bonchev–Trinajstić information content (AvgIpc) is 2.34. The van der Waals surface area contributed by atoms with Gasteiger partial charge in [0.15, 0.2) is 0 Å². The van der Waals surface area contributed by atoms with Gasteiger partial charge in [0.1, 0.15) is 6.61 Å². The van der Waals surface area contributed by atoms with Crippen molar-refractivity contribution < 1.29 is 9.53 Å². The predicted octanol–water partition coefficient (Wildman–Crippen LogP) is 2.84. The van der Waals surface area contributed by atoms with E-state index in [1.165, 1.54) is 11.1 Å². The van der Waals surface area contributed by atoms with Crippen LogP contribution in [0.2, 0.25) is 0 Å². The van der Waals surface area contributed by atoms with Gasteiger partial charge < -0.3 is 10.1 Å². The quantitative estimate of drug-likeness (QED) is 0.606. The summed E-state index contributed by atoms with van der Waals surface area (Å²) in [5, 5.41) is 2.70. The molecular formula is C14H19NO2. The van der Waals surface area contributed by atoms with Gasteiger partial charge in [0, 0.05) is 6.54 Å². The van der Waals surface area contributed by atoms with Gasteiger partial charge in [-0.2, -0.15) is 0 Å². The van der Waals surface area contributed by atoms with E-state index in [0.29, 0.717) is 6.54 Å². The van der Waals surface area contributed by atoms with Crippen LogP contribution in [0.1, 0.15) is 17.5 Å². The smallest absolute Gasteiger partial charge is 0.407 e. The van der Waals surface area contributed by atoms with E-state index in [-0.39, 0.29) is 12.7 Å². The zero-order valence-corrected chi connectivity index (χ0v) is 10.2. The van der Waals surface area contributed by atoms with Gasteiger partial charge in [-0.25, -0.2) is 4.79 Å². The van der Waals surface area contributed by atoms with Gasteiger partial charge in [-0.05, 0) is 30.9 Å². The largest absolute Gasteiger partial charge is 0.445 e. The Kier molecular flexibility index (Phi) is 5.86. The van der Waals surface area contributed by atoms with Crippen molar-refractivity contribution in [3.05, 3.63) is 48.0 Å². The third-order valence-electron chi connectivity index (χ3n) is 2.49. The van der Waals surface area contributed by atoms with E-state index in [0.717, 1.165) is 12.8 Å². The lowest BCUT2D eigenvalue weighted by molar-refractivity contribution is 0.158. The van der Waals surface area contributed by atoms with E-state index >= 15 is 0 Å². The minimum absolute atomic E-state index is 0.254. The first-order valence-corrected chi connectivity index (χ1v) is 5.80. The van der Waals surface area contributed by atoms with Crippen molar-refractivity contribution >= 4 is 6.09 Å². The van der Waals surface area contributed by atoms with Crippen molar-refractivity contribution in [2.45, 2.75) is 19.8 Å². The van der Waals surface area contributed by atoms with Crippen LogP contribution in [0.15, 0.2) is 36.9 Å². The summed E-state index contributed by atoms with van der Waals surface area (Å²) in [6, 6.07) is 8.28. The zero-order valence-electron chi connectivity index (χ0n) is 10.2. The molecule has 3 heteroatoms. The minimum Gasteiger partial charge on any atom is -0.445 e. The van der Waals surface area contributed by atoms with Crippen LogP contribution >= 0.6 is 0 Å². The summed E-state index contributed by atoms with van der Waals surface area (Å²) in [7, 11) is 0. The number of ether oxygens (including phenoxy) is 1. The highest BCUT2D eigenvalue weighted by Crippen LogP contribution is 2.08. The molecule has 0 bridgehead atoms. The van der Waals surface area contributed by atoms with Gasteiger partial charge in [-0.15, -0.1) is 0 Å². The number of nitrogens with one attached hydrogen (secondary N) is 1. The number of alkyl carbamates (subject to hydrolysis) is 1. The number of rotatable bonds is 6. The van der Waals surface area contributed by atoms with Crippen molar-refractivity contribution in [2.75, 3.05) is 13.2 Å². The van der Waals surface area contributed by atoms with Gasteiger partial charge in [0.25, 0.3) is 0 Å². The van der Waals surface area contributed by atoms with Gasteiger partial charge in [-0.1, -0.05) is 36.9 Å². The molecule has 0 aliphatic carbocycles. The van der Waals surface area contributed by atoms with Crippen LogP contribution < -0.4 is 5.32 Å². The maximum Gasteiger partial charge on any atom is 0.407 e. The molecule has 0 radical (unpaired) electrons. The molecule has 1 aromatic carbocycles. The molecule has 3 nitrogen and oxygen atoms in total. The van der Waals surface area contributed by atoms with Gasteiger partial charge in [0.2, 0.25) is 0 Å². The Morgan fingerprint density at radius 2 is 2.24 bits per heavy atom. The van der Waals surface area contributed by atoms with Crippen LogP contribution in [0.5, 0.6) is 0 Å². The molecule has 0 aliphatic heterocycles. The van der Waals surface area contributed by atoms with Crippen LogP contribution in [0.4, 0.5) is 4.79 Å². The van der Waals surface area contributed by atoms with E-state index in [4.69, 9.17) is 4.74 Å². The highest BCUT2D eigenvalue weighted by atomic mass is 16.5. The Hall–Kier alpha value is -1.77. The number of carbonyl (C=O) groups excluding carboxylic acids is 1. The maximum absolute atomic E-state index is 11.1. The Morgan fingerprint density at radius 3 is 2.94 bits per heavy atom. The fourth-order valence-electron chi connectivity index (χ4n) is 1.55. The van der Waals surface area contributed by atoms with Gasteiger partial charge >= 0.3 is 6.09 Å². The predicted molar refractivity (Wildman–Crippen MR) is 69.0 cm³/mol. The molecule has 0 fully saturated rings. The lowest BCUT2D eigenvalue weighted by Crippen LogP contribution is -2.25. The molecule has 0 saturated carbocycles. The molecule has 92 valence electrons. The maximum atomic E-state index is 11.1. The Balaban J connectivity index is 2.18. The molecule has 0 aliphatic rings. The van der Waals surface area contributed by atoms with E-state index < -0.39 is 0 Å². The summed E-state index contributed by atoms with van der Waals surface area (Å²) in [6.45, 7) is 6.45. The van der Waals surface area contributed by atoms with E-state index in [9.17, 15) is 4.79 Å². The number of hydrogen-bond acceptors (Lipinski definition) is 2. The number of aryl methyl sites for hydroxylation is 2. The van der Waals surface area contributed by atoms with Crippen molar-refractivity contribution in [3.63, 3.8) is 0 Å². The van der Waals surface area contributed by atoms with Gasteiger partial charge in [0.05, 0.1) is 0 Å². The summed E-state index contributed by atoms with van der Waals surface area (Å²) in [5.74, 6) is 0. The molecule has 0 heterocycles. The molecular weight excluding hydrogens is 214 g/mol. The van der Waals surface area contributed by atoms with Crippen molar-refractivity contribution in [3.8, 4) is 0 Å². The van der Waals surface area contributed by atoms with Crippen LogP contribution in [-0.4, -0.2) is 19.2 Å². The van der Waals surface area contributed by atoms with Crippen LogP contribution in [0.25, 0.3) is 0 Å². The molecule has 17 heavy (non-hydrogen) atoms. The molecule has 0 spiro atoms. The second-order valence-electron chi connectivity index (χ2n) is 3.84.